The number of carbonyl (C=O) groups excluding carboxylic acids is 1. The van der Waals surface area contributed by atoms with E-state index in [1.807, 2.05) is 20.8 Å². The third kappa shape index (κ3) is 4.15. The number of hydrogen-bond donors (Lipinski definition) is 3. The standard InChI is InChI=1S/C16H20N4O3/c1-9(2)8-10(3)18-15(22)12-13(21)16(23)20-14(19-12)11-6-4-5-7-17-11/h4-7,9-10,21H,8H2,1-3H3,(H,18,22)(H,19,20,23). The molecule has 7 nitrogen and oxygen atoms in total. The zero-order valence-corrected chi connectivity index (χ0v) is 13.3. The van der Waals surface area contributed by atoms with E-state index < -0.39 is 17.2 Å². The summed E-state index contributed by atoms with van der Waals surface area (Å²) in [6.07, 6.45) is 2.33. The molecule has 23 heavy (non-hydrogen) atoms. The summed E-state index contributed by atoms with van der Waals surface area (Å²) >= 11 is 0. The van der Waals surface area contributed by atoms with E-state index in [0.29, 0.717) is 11.6 Å². The molecule has 0 aliphatic carbocycles. The van der Waals surface area contributed by atoms with Crippen molar-refractivity contribution in [2.45, 2.75) is 33.2 Å². The van der Waals surface area contributed by atoms with Crippen LogP contribution in [0.15, 0.2) is 29.2 Å². The summed E-state index contributed by atoms with van der Waals surface area (Å²) in [4.78, 5) is 34.7. The summed E-state index contributed by atoms with van der Waals surface area (Å²) in [6.45, 7) is 5.96. The largest absolute Gasteiger partial charge is 0.501 e. The third-order valence-electron chi connectivity index (χ3n) is 3.22. The first-order chi connectivity index (χ1) is 10.9. The van der Waals surface area contributed by atoms with Gasteiger partial charge in [-0.2, -0.15) is 0 Å². The molecule has 0 fully saturated rings. The monoisotopic (exact) mass is 316 g/mol. The Morgan fingerprint density at radius 2 is 2.09 bits per heavy atom. The maximum absolute atomic E-state index is 12.3. The average molecular weight is 316 g/mol. The molecule has 1 amide bonds. The first-order valence-electron chi connectivity index (χ1n) is 7.44. The second-order valence-corrected chi connectivity index (χ2v) is 5.83. The fourth-order valence-corrected chi connectivity index (χ4v) is 2.31. The predicted octanol–water partition coefficient (Wildman–Crippen LogP) is 1.70. The van der Waals surface area contributed by atoms with E-state index in [-0.39, 0.29) is 17.6 Å². The van der Waals surface area contributed by atoms with Crippen LogP contribution in [0.25, 0.3) is 11.5 Å². The second-order valence-electron chi connectivity index (χ2n) is 5.83. The minimum atomic E-state index is -0.776. The minimum absolute atomic E-state index is 0.0960. The summed E-state index contributed by atoms with van der Waals surface area (Å²) in [5.74, 6) is -0.733. The summed E-state index contributed by atoms with van der Waals surface area (Å²) in [6, 6.07) is 5.02. The smallest absolute Gasteiger partial charge is 0.294 e. The minimum Gasteiger partial charge on any atom is -0.501 e. The molecule has 2 aromatic heterocycles. The molecule has 0 radical (unpaired) electrons. The summed E-state index contributed by atoms with van der Waals surface area (Å²) in [5, 5.41) is 12.6. The first kappa shape index (κ1) is 16.7. The van der Waals surface area contributed by atoms with Gasteiger partial charge in [-0.15, -0.1) is 0 Å². The molecule has 2 heterocycles. The lowest BCUT2D eigenvalue weighted by Gasteiger charge is -2.16. The number of hydrogen-bond acceptors (Lipinski definition) is 5. The molecule has 0 aromatic carbocycles. The highest BCUT2D eigenvalue weighted by molar-refractivity contribution is 5.95. The van der Waals surface area contributed by atoms with Crippen LogP contribution in [-0.4, -0.2) is 32.0 Å². The van der Waals surface area contributed by atoms with Gasteiger partial charge in [0.15, 0.2) is 11.5 Å². The zero-order valence-electron chi connectivity index (χ0n) is 13.3. The van der Waals surface area contributed by atoms with Gasteiger partial charge in [0.2, 0.25) is 5.75 Å². The van der Waals surface area contributed by atoms with Crippen molar-refractivity contribution >= 4 is 5.91 Å². The van der Waals surface area contributed by atoms with E-state index in [2.05, 4.69) is 20.3 Å². The van der Waals surface area contributed by atoms with Crippen molar-refractivity contribution in [1.82, 2.24) is 20.3 Å². The van der Waals surface area contributed by atoms with Gasteiger partial charge in [0.25, 0.3) is 11.5 Å². The van der Waals surface area contributed by atoms with Gasteiger partial charge in [-0.1, -0.05) is 19.9 Å². The van der Waals surface area contributed by atoms with Gasteiger partial charge in [0, 0.05) is 12.2 Å². The maximum Gasteiger partial charge on any atom is 0.294 e. The van der Waals surface area contributed by atoms with Crippen molar-refractivity contribution in [3.63, 3.8) is 0 Å². The van der Waals surface area contributed by atoms with Crippen LogP contribution in [0.2, 0.25) is 0 Å². The molecule has 0 bridgehead atoms. The number of amides is 1. The molecule has 2 aromatic rings. The van der Waals surface area contributed by atoms with E-state index in [9.17, 15) is 14.7 Å². The molecule has 122 valence electrons. The number of aromatic hydroxyl groups is 1. The Bertz CT molecular complexity index is 741. The lowest BCUT2D eigenvalue weighted by Crippen LogP contribution is -2.35. The van der Waals surface area contributed by atoms with Crippen LogP contribution in [0, 0.1) is 5.92 Å². The van der Waals surface area contributed by atoms with Crippen LogP contribution in [0.5, 0.6) is 5.75 Å². The number of pyridine rings is 1. The molecule has 7 heteroatoms. The van der Waals surface area contributed by atoms with E-state index in [1.165, 1.54) is 0 Å². The topological polar surface area (TPSA) is 108 Å². The predicted molar refractivity (Wildman–Crippen MR) is 86.1 cm³/mol. The van der Waals surface area contributed by atoms with E-state index in [1.54, 1.807) is 24.4 Å². The average Bonchev–Trinajstić information content (AvgIpc) is 2.49. The molecule has 0 aliphatic heterocycles. The van der Waals surface area contributed by atoms with Crippen molar-refractivity contribution < 1.29 is 9.90 Å². The van der Waals surface area contributed by atoms with Crippen LogP contribution >= 0.6 is 0 Å². The van der Waals surface area contributed by atoms with Crippen molar-refractivity contribution in [1.29, 1.82) is 0 Å². The van der Waals surface area contributed by atoms with Gasteiger partial charge in [-0.05, 0) is 31.4 Å². The van der Waals surface area contributed by atoms with Gasteiger partial charge >= 0.3 is 0 Å². The molecular weight excluding hydrogens is 296 g/mol. The summed E-state index contributed by atoms with van der Waals surface area (Å²) in [7, 11) is 0. The zero-order chi connectivity index (χ0) is 17.0. The SMILES string of the molecule is CC(C)CC(C)NC(=O)c1nc(-c2ccccn2)[nH]c(=O)c1O. The third-order valence-corrected chi connectivity index (χ3v) is 3.22. The van der Waals surface area contributed by atoms with Gasteiger partial charge < -0.3 is 15.4 Å². The Hall–Kier alpha value is -2.70. The highest BCUT2D eigenvalue weighted by Gasteiger charge is 2.20. The number of rotatable bonds is 5. The van der Waals surface area contributed by atoms with E-state index in [4.69, 9.17) is 0 Å². The molecule has 3 N–H and O–H groups in total. The lowest BCUT2D eigenvalue weighted by molar-refractivity contribution is 0.0927. The molecular formula is C16H20N4O3. The molecule has 2 rings (SSSR count). The number of carbonyl (C=O) groups is 1. The van der Waals surface area contributed by atoms with Gasteiger partial charge in [-0.3, -0.25) is 14.6 Å². The van der Waals surface area contributed by atoms with Crippen molar-refractivity contribution in [3.8, 4) is 17.3 Å². The van der Waals surface area contributed by atoms with Gasteiger partial charge in [0.05, 0.1) is 0 Å². The van der Waals surface area contributed by atoms with Crippen LogP contribution in [0.3, 0.4) is 0 Å². The van der Waals surface area contributed by atoms with Crippen molar-refractivity contribution in [2.75, 3.05) is 0 Å². The Labute approximate surface area is 133 Å². The van der Waals surface area contributed by atoms with Crippen LogP contribution in [0.1, 0.15) is 37.7 Å². The van der Waals surface area contributed by atoms with Crippen LogP contribution < -0.4 is 10.9 Å². The van der Waals surface area contributed by atoms with Crippen molar-refractivity contribution in [3.05, 3.63) is 40.4 Å². The van der Waals surface area contributed by atoms with Crippen LogP contribution in [-0.2, 0) is 0 Å². The van der Waals surface area contributed by atoms with Gasteiger partial charge in [0.1, 0.15) is 5.69 Å². The summed E-state index contributed by atoms with van der Waals surface area (Å²) < 4.78 is 0. The maximum atomic E-state index is 12.3. The fourth-order valence-electron chi connectivity index (χ4n) is 2.31. The van der Waals surface area contributed by atoms with E-state index >= 15 is 0 Å². The Balaban J connectivity index is 2.33. The quantitative estimate of drug-likeness (QED) is 0.778. The highest BCUT2D eigenvalue weighted by Crippen LogP contribution is 2.15. The normalized spacial score (nSPS) is 12.2. The highest BCUT2D eigenvalue weighted by atomic mass is 16.3. The molecule has 0 aliphatic rings. The number of nitrogens with one attached hydrogen (secondary N) is 2. The Morgan fingerprint density at radius 3 is 2.70 bits per heavy atom. The number of H-pyrrole nitrogens is 1. The number of aromatic amines is 1. The number of nitrogens with zero attached hydrogens (tertiary/aromatic N) is 2. The summed E-state index contributed by atoms with van der Waals surface area (Å²) in [5.41, 5.74) is -0.666. The molecule has 0 saturated heterocycles. The first-order valence-corrected chi connectivity index (χ1v) is 7.44. The van der Waals surface area contributed by atoms with Crippen molar-refractivity contribution in [2.24, 2.45) is 5.92 Å². The van der Waals surface area contributed by atoms with Gasteiger partial charge in [-0.25, -0.2) is 4.98 Å². The Morgan fingerprint density at radius 1 is 1.35 bits per heavy atom. The Kier molecular flexibility index (Phi) is 5.10. The molecule has 0 saturated carbocycles. The number of aromatic nitrogens is 3. The lowest BCUT2D eigenvalue weighted by atomic mass is 10.1. The second kappa shape index (κ2) is 7.04. The molecule has 1 unspecified atom stereocenters. The molecule has 0 spiro atoms. The van der Waals surface area contributed by atoms with Crippen LogP contribution in [0.4, 0.5) is 0 Å². The fraction of sp³-hybridized carbons (Fsp3) is 0.375. The van der Waals surface area contributed by atoms with E-state index in [0.717, 1.165) is 6.42 Å². The molecule has 1 atom stereocenters.